The summed E-state index contributed by atoms with van der Waals surface area (Å²) in [5, 5.41) is 3.00. The van der Waals surface area contributed by atoms with Gasteiger partial charge < -0.3 is 15.8 Å². The number of amides is 1. The number of aromatic nitrogens is 1. The Bertz CT molecular complexity index is 794. The minimum atomic E-state index is -0.319. The van der Waals surface area contributed by atoms with Crippen molar-refractivity contribution in [2.24, 2.45) is 23.5 Å². The molecule has 2 saturated carbocycles. The number of nitrogens with one attached hydrogen (secondary N) is 1. The van der Waals surface area contributed by atoms with Gasteiger partial charge in [-0.1, -0.05) is 0 Å². The molecule has 26 heavy (non-hydrogen) atoms. The second kappa shape index (κ2) is 7.03. The van der Waals surface area contributed by atoms with E-state index < -0.39 is 0 Å². The number of nitrogens with two attached hydrogens (primary N) is 1. The molecule has 2 aromatic rings. The van der Waals surface area contributed by atoms with E-state index in [9.17, 15) is 9.18 Å². The molecule has 5 nitrogen and oxygen atoms in total. The van der Waals surface area contributed by atoms with Crippen LogP contribution < -0.4 is 15.8 Å². The van der Waals surface area contributed by atoms with Gasteiger partial charge in [-0.2, -0.15) is 0 Å². The van der Waals surface area contributed by atoms with Crippen molar-refractivity contribution in [2.45, 2.75) is 31.8 Å². The van der Waals surface area contributed by atoms with E-state index in [2.05, 4.69) is 10.3 Å². The molecule has 1 heterocycles. The summed E-state index contributed by atoms with van der Waals surface area (Å²) in [7, 11) is 0. The highest BCUT2D eigenvalue weighted by molar-refractivity contribution is 5.80. The van der Waals surface area contributed by atoms with Crippen LogP contribution in [0, 0.1) is 23.6 Å². The van der Waals surface area contributed by atoms with E-state index in [0.29, 0.717) is 30.0 Å². The number of fused-ring (bicyclic) bond motifs is 2. The number of hydrogen-bond acceptors (Lipinski definition) is 4. The fourth-order valence-electron chi connectivity index (χ4n) is 4.27. The number of ether oxygens (including phenoxy) is 1. The first-order chi connectivity index (χ1) is 12.6. The molecule has 0 aliphatic heterocycles. The molecule has 0 saturated heterocycles. The van der Waals surface area contributed by atoms with Crippen molar-refractivity contribution >= 4 is 5.91 Å². The van der Waals surface area contributed by atoms with Crippen molar-refractivity contribution in [1.82, 2.24) is 10.3 Å². The zero-order valence-electron chi connectivity index (χ0n) is 14.4. The molecule has 4 atom stereocenters. The second-order valence-corrected chi connectivity index (χ2v) is 7.21. The molecule has 1 aromatic heterocycles. The Labute approximate surface area is 151 Å². The van der Waals surface area contributed by atoms with Gasteiger partial charge in [0.05, 0.1) is 5.92 Å². The number of nitrogens with zero attached hydrogens (tertiary/aromatic N) is 1. The first kappa shape index (κ1) is 17.0. The maximum Gasteiger partial charge on any atom is 0.225 e. The van der Waals surface area contributed by atoms with Gasteiger partial charge in [0, 0.05) is 24.8 Å². The normalized spacial score (nSPS) is 26.7. The third kappa shape index (κ3) is 3.42. The Morgan fingerprint density at radius 2 is 2.00 bits per heavy atom. The Hall–Kier alpha value is -2.47. The van der Waals surface area contributed by atoms with Crippen molar-refractivity contribution in [3.05, 3.63) is 54.0 Å². The maximum atomic E-state index is 13.0. The number of hydrogen-bond donors (Lipinski definition) is 2. The van der Waals surface area contributed by atoms with Gasteiger partial charge in [0.25, 0.3) is 0 Å². The van der Waals surface area contributed by atoms with Gasteiger partial charge in [0.1, 0.15) is 11.6 Å². The van der Waals surface area contributed by atoms with E-state index in [-0.39, 0.29) is 23.7 Å². The van der Waals surface area contributed by atoms with E-state index in [1.807, 2.05) is 6.07 Å². The topological polar surface area (TPSA) is 77.2 Å². The van der Waals surface area contributed by atoms with Gasteiger partial charge in [0.15, 0.2) is 0 Å². The average molecular weight is 355 g/mol. The smallest absolute Gasteiger partial charge is 0.225 e. The van der Waals surface area contributed by atoms with Crippen LogP contribution in [-0.4, -0.2) is 16.9 Å². The Morgan fingerprint density at radius 1 is 1.23 bits per heavy atom. The first-order valence-electron chi connectivity index (χ1n) is 9.02. The zero-order chi connectivity index (χ0) is 18.1. The minimum Gasteiger partial charge on any atom is -0.439 e. The highest BCUT2D eigenvalue weighted by Crippen LogP contribution is 2.47. The largest absolute Gasteiger partial charge is 0.439 e. The van der Waals surface area contributed by atoms with E-state index in [1.54, 1.807) is 24.4 Å². The number of carbonyl (C=O) groups is 1. The lowest BCUT2D eigenvalue weighted by atomic mass is 9.84. The molecule has 0 radical (unpaired) electrons. The van der Waals surface area contributed by atoms with Crippen LogP contribution in [0.2, 0.25) is 0 Å². The van der Waals surface area contributed by atoms with Gasteiger partial charge in [-0.25, -0.2) is 9.37 Å². The lowest BCUT2D eigenvalue weighted by Gasteiger charge is -2.27. The summed E-state index contributed by atoms with van der Waals surface area (Å²) in [6.45, 7) is 0.405. The van der Waals surface area contributed by atoms with Crippen LogP contribution in [0.15, 0.2) is 42.6 Å². The van der Waals surface area contributed by atoms with E-state index in [4.69, 9.17) is 10.5 Å². The van der Waals surface area contributed by atoms with E-state index in [0.717, 1.165) is 24.8 Å². The van der Waals surface area contributed by atoms with Crippen molar-refractivity contribution in [3.63, 3.8) is 0 Å². The molecule has 4 rings (SSSR count). The van der Waals surface area contributed by atoms with Crippen LogP contribution in [0.4, 0.5) is 4.39 Å². The molecular weight excluding hydrogens is 333 g/mol. The quantitative estimate of drug-likeness (QED) is 0.864. The van der Waals surface area contributed by atoms with Gasteiger partial charge in [-0.05, 0) is 67.0 Å². The van der Waals surface area contributed by atoms with Crippen LogP contribution in [-0.2, 0) is 11.3 Å². The van der Waals surface area contributed by atoms with Gasteiger partial charge in [-0.15, -0.1) is 0 Å². The fraction of sp³-hybridized carbons (Fsp3) is 0.400. The monoisotopic (exact) mass is 355 g/mol. The van der Waals surface area contributed by atoms with Crippen molar-refractivity contribution in [1.29, 1.82) is 0 Å². The van der Waals surface area contributed by atoms with Crippen molar-refractivity contribution in [2.75, 3.05) is 0 Å². The number of carbonyl (C=O) groups excluding carboxylic acids is 1. The van der Waals surface area contributed by atoms with E-state index >= 15 is 0 Å². The Kier molecular flexibility index (Phi) is 4.59. The number of rotatable bonds is 5. The van der Waals surface area contributed by atoms with Crippen LogP contribution >= 0.6 is 0 Å². The first-order valence-corrected chi connectivity index (χ1v) is 9.02. The predicted octanol–water partition coefficient (Wildman–Crippen LogP) is 3.00. The summed E-state index contributed by atoms with van der Waals surface area (Å²) >= 11 is 0. The number of halogens is 1. The average Bonchev–Trinajstić information content (AvgIpc) is 3.23. The molecule has 2 aliphatic carbocycles. The molecule has 2 aliphatic rings. The molecule has 136 valence electrons. The van der Waals surface area contributed by atoms with Crippen LogP contribution in [0.1, 0.15) is 24.8 Å². The summed E-state index contributed by atoms with van der Waals surface area (Å²) in [5.74, 6) is 1.51. The number of pyridine rings is 1. The van der Waals surface area contributed by atoms with Crippen LogP contribution in [0.25, 0.3) is 0 Å². The van der Waals surface area contributed by atoms with Gasteiger partial charge in [0.2, 0.25) is 11.8 Å². The molecular formula is C20H22FN3O2. The SMILES string of the molecule is NC1C2CCC(C2)C1C(=O)NCc1ccnc(Oc2ccc(F)cc2)c1. The van der Waals surface area contributed by atoms with E-state index in [1.165, 1.54) is 12.1 Å². The molecule has 1 aromatic carbocycles. The van der Waals surface area contributed by atoms with Crippen LogP contribution in [0.5, 0.6) is 11.6 Å². The Balaban J connectivity index is 1.36. The summed E-state index contributed by atoms with van der Waals surface area (Å²) in [5.41, 5.74) is 7.13. The lowest BCUT2D eigenvalue weighted by Crippen LogP contribution is -2.45. The molecule has 2 fully saturated rings. The fourth-order valence-corrected chi connectivity index (χ4v) is 4.27. The predicted molar refractivity (Wildman–Crippen MR) is 94.9 cm³/mol. The summed E-state index contributed by atoms with van der Waals surface area (Å²) in [4.78, 5) is 16.7. The Morgan fingerprint density at radius 3 is 2.73 bits per heavy atom. The molecule has 0 spiro atoms. The van der Waals surface area contributed by atoms with Crippen molar-refractivity contribution in [3.8, 4) is 11.6 Å². The van der Waals surface area contributed by atoms with Crippen molar-refractivity contribution < 1.29 is 13.9 Å². The second-order valence-electron chi connectivity index (χ2n) is 7.21. The third-order valence-electron chi connectivity index (χ3n) is 5.59. The summed E-state index contributed by atoms with van der Waals surface area (Å²) in [6, 6.07) is 9.34. The summed E-state index contributed by atoms with van der Waals surface area (Å²) in [6.07, 6.45) is 4.99. The highest BCUT2D eigenvalue weighted by Gasteiger charge is 2.48. The molecule has 2 bridgehead atoms. The minimum absolute atomic E-state index is 0.0106. The summed E-state index contributed by atoms with van der Waals surface area (Å²) < 4.78 is 18.6. The molecule has 6 heteroatoms. The standard InChI is InChI=1S/C20H22FN3O2/c21-15-3-5-16(6-4-15)26-17-9-12(7-8-23-17)11-24-20(25)18-13-1-2-14(10-13)19(18)22/h3-9,13-14,18-19H,1-2,10-11,22H2,(H,24,25). The zero-order valence-corrected chi connectivity index (χ0v) is 14.4. The molecule has 4 unspecified atom stereocenters. The maximum absolute atomic E-state index is 13.0. The number of benzene rings is 1. The molecule has 1 amide bonds. The lowest BCUT2D eigenvalue weighted by molar-refractivity contribution is -0.127. The highest BCUT2D eigenvalue weighted by atomic mass is 19.1. The third-order valence-corrected chi connectivity index (χ3v) is 5.59. The molecule has 3 N–H and O–H groups in total. The van der Waals surface area contributed by atoms with Gasteiger partial charge in [-0.3, -0.25) is 4.79 Å². The van der Waals surface area contributed by atoms with Crippen LogP contribution in [0.3, 0.4) is 0 Å². The van der Waals surface area contributed by atoms with Gasteiger partial charge >= 0.3 is 0 Å².